The fourth-order valence-corrected chi connectivity index (χ4v) is 2.64. The highest BCUT2D eigenvalue weighted by molar-refractivity contribution is 6.02. The van der Waals surface area contributed by atoms with Crippen molar-refractivity contribution in [3.8, 4) is 0 Å². The third-order valence-corrected chi connectivity index (χ3v) is 4.01. The Bertz CT molecular complexity index is 643. The topological polar surface area (TPSA) is 74.8 Å². The molecular weight excluding hydrogens is 314 g/mol. The van der Waals surface area contributed by atoms with Gasteiger partial charge in [-0.15, -0.1) is 12.4 Å². The van der Waals surface area contributed by atoms with Crippen molar-refractivity contribution in [1.82, 2.24) is 15.3 Å². The molecule has 0 radical (unpaired) electrons. The number of H-pyrrole nitrogens is 1. The maximum absolute atomic E-state index is 12.0. The number of amides is 1. The van der Waals surface area contributed by atoms with Crippen molar-refractivity contribution in [2.24, 2.45) is 11.8 Å². The average Bonchev–Trinajstić information content (AvgIpc) is 3.16. The molecule has 1 aromatic carbocycles. The summed E-state index contributed by atoms with van der Waals surface area (Å²) >= 11 is 0. The Morgan fingerprint density at radius 1 is 1.22 bits per heavy atom. The lowest BCUT2D eigenvalue weighted by Crippen LogP contribution is -2.27. The van der Waals surface area contributed by atoms with E-state index in [-0.39, 0.29) is 35.9 Å². The number of aryl methyl sites for hydroxylation is 1. The number of hydrogen-bond donors (Lipinski definition) is 2. The lowest BCUT2D eigenvalue weighted by Gasteiger charge is -2.05. The second kappa shape index (κ2) is 7.92. The van der Waals surface area contributed by atoms with Crippen LogP contribution in [0.15, 0.2) is 42.9 Å². The van der Waals surface area contributed by atoms with Gasteiger partial charge in [0.25, 0.3) is 0 Å². The first-order chi connectivity index (χ1) is 10.8. The Labute approximate surface area is 141 Å². The maximum atomic E-state index is 12.0. The van der Waals surface area contributed by atoms with E-state index in [4.69, 9.17) is 0 Å². The van der Waals surface area contributed by atoms with Gasteiger partial charge in [-0.25, -0.2) is 4.98 Å². The summed E-state index contributed by atoms with van der Waals surface area (Å²) in [7, 11) is 0. The van der Waals surface area contributed by atoms with Crippen LogP contribution >= 0.6 is 12.4 Å². The molecule has 1 amide bonds. The fourth-order valence-electron chi connectivity index (χ4n) is 2.64. The van der Waals surface area contributed by atoms with Crippen LogP contribution in [0.3, 0.4) is 0 Å². The lowest BCUT2D eigenvalue weighted by atomic mass is 10.1. The Hall–Kier alpha value is -2.14. The van der Waals surface area contributed by atoms with E-state index in [1.807, 2.05) is 18.2 Å². The minimum Gasteiger partial charge on any atom is -0.356 e. The highest BCUT2D eigenvalue weighted by atomic mass is 35.5. The number of halogens is 1. The summed E-state index contributed by atoms with van der Waals surface area (Å²) in [6, 6.07) is 10.2. The van der Waals surface area contributed by atoms with E-state index in [2.05, 4.69) is 27.4 Å². The molecule has 2 atom stereocenters. The molecule has 0 unspecified atom stereocenters. The van der Waals surface area contributed by atoms with Crippen LogP contribution in [-0.2, 0) is 11.2 Å². The van der Waals surface area contributed by atoms with Gasteiger partial charge in [0, 0.05) is 18.4 Å². The zero-order valence-electron chi connectivity index (χ0n) is 12.7. The first-order valence-corrected chi connectivity index (χ1v) is 7.60. The van der Waals surface area contributed by atoms with Gasteiger partial charge < -0.3 is 10.3 Å². The number of benzene rings is 1. The normalized spacial score (nSPS) is 18.8. The number of carbonyl (C=O) groups is 2. The Kier molecular flexibility index (Phi) is 5.93. The molecule has 1 fully saturated rings. The van der Waals surface area contributed by atoms with E-state index in [0.29, 0.717) is 18.7 Å². The molecule has 3 rings (SSSR count). The van der Waals surface area contributed by atoms with E-state index in [1.54, 1.807) is 0 Å². The van der Waals surface area contributed by atoms with Crippen molar-refractivity contribution in [2.45, 2.75) is 19.3 Å². The van der Waals surface area contributed by atoms with Gasteiger partial charge in [-0.05, 0) is 24.8 Å². The van der Waals surface area contributed by atoms with Gasteiger partial charge in [0.2, 0.25) is 5.91 Å². The summed E-state index contributed by atoms with van der Waals surface area (Å²) in [5.74, 6) is -0.380. The van der Waals surface area contributed by atoms with Gasteiger partial charge in [0.1, 0.15) is 5.69 Å². The standard InChI is InChI=1S/C17H19N3O2.ClH/c21-16(15-10-18-11-20-15)13-9-14(13)17(22)19-8-4-7-12-5-2-1-3-6-12;/h1-3,5-6,10-11,13-14H,4,7-9H2,(H,18,20)(H,19,22);1H/t13-,14+;/m1./s1. The Balaban J connectivity index is 0.00000192. The highest BCUT2D eigenvalue weighted by Gasteiger charge is 2.48. The van der Waals surface area contributed by atoms with Gasteiger partial charge >= 0.3 is 0 Å². The van der Waals surface area contributed by atoms with Gasteiger partial charge in [0.15, 0.2) is 5.78 Å². The van der Waals surface area contributed by atoms with Crippen LogP contribution in [0.25, 0.3) is 0 Å². The SMILES string of the molecule is Cl.O=C(NCCCc1ccccc1)[C@H]1C[C@H]1C(=O)c1cnc[nH]1. The van der Waals surface area contributed by atoms with E-state index >= 15 is 0 Å². The second-order valence-electron chi connectivity index (χ2n) is 5.66. The van der Waals surface area contributed by atoms with E-state index in [1.165, 1.54) is 18.1 Å². The summed E-state index contributed by atoms with van der Waals surface area (Å²) < 4.78 is 0. The van der Waals surface area contributed by atoms with Crippen LogP contribution in [0.1, 0.15) is 28.9 Å². The lowest BCUT2D eigenvalue weighted by molar-refractivity contribution is -0.122. The van der Waals surface area contributed by atoms with Crippen LogP contribution in [0.5, 0.6) is 0 Å². The predicted octanol–water partition coefficient (Wildman–Crippen LogP) is 2.40. The third kappa shape index (κ3) is 4.42. The monoisotopic (exact) mass is 333 g/mol. The molecular formula is C17H20ClN3O2. The molecule has 23 heavy (non-hydrogen) atoms. The first-order valence-electron chi connectivity index (χ1n) is 7.60. The third-order valence-electron chi connectivity index (χ3n) is 4.01. The zero-order chi connectivity index (χ0) is 15.4. The largest absolute Gasteiger partial charge is 0.356 e. The number of Topliss-reactive ketones (excluding diaryl/α,β-unsaturated/α-hetero) is 1. The number of aromatic nitrogens is 2. The Morgan fingerprint density at radius 3 is 2.70 bits per heavy atom. The van der Waals surface area contributed by atoms with Crippen molar-refractivity contribution in [1.29, 1.82) is 0 Å². The molecule has 2 aromatic rings. The number of nitrogens with zero attached hydrogens (tertiary/aromatic N) is 1. The molecule has 122 valence electrons. The first kappa shape index (κ1) is 17.2. The van der Waals surface area contributed by atoms with Crippen molar-refractivity contribution < 1.29 is 9.59 Å². The molecule has 0 bridgehead atoms. The number of nitrogens with one attached hydrogen (secondary N) is 2. The molecule has 6 heteroatoms. The number of aromatic amines is 1. The average molecular weight is 334 g/mol. The van der Waals surface area contributed by atoms with Crippen molar-refractivity contribution in [2.75, 3.05) is 6.54 Å². The molecule has 5 nitrogen and oxygen atoms in total. The van der Waals surface area contributed by atoms with E-state index in [0.717, 1.165) is 12.8 Å². The molecule has 1 aliphatic rings. The quantitative estimate of drug-likeness (QED) is 0.603. The summed E-state index contributed by atoms with van der Waals surface area (Å²) in [5.41, 5.74) is 1.76. The molecule has 0 saturated heterocycles. The second-order valence-corrected chi connectivity index (χ2v) is 5.66. The number of ketones is 1. The van der Waals surface area contributed by atoms with Crippen molar-refractivity contribution in [3.63, 3.8) is 0 Å². The maximum Gasteiger partial charge on any atom is 0.223 e. The van der Waals surface area contributed by atoms with E-state index in [9.17, 15) is 9.59 Å². The molecule has 1 heterocycles. The molecule has 1 aliphatic carbocycles. The minimum absolute atomic E-state index is 0. The van der Waals surface area contributed by atoms with Crippen molar-refractivity contribution in [3.05, 3.63) is 54.1 Å². The molecule has 0 aliphatic heterocycles. The molecule has 1 saturated carbocycles. The molecule has 1 aromatic heterocycles. The molecule has 0 spiro atoms. The van der Waals surface area contributed by atoms with Crippen LogP contribution in [0.2, 0.25) is 0 Å². The number of rotatable bonds is 7. The van der Waals surface area contributed by atoms with Crippen LogP contribution in [0.4, 0.5) is 0 Å². The predicted molar refractivity (Wildman–Crippen MR) is 89.5 cm³/mol. The fraction of sp³-hybridized carbons (Fsp3) is 0.353. The zero-order valence-corrected chi connectivity index (χ0v) is 13.5. The summed E-state index contributed by atoms with van der Waals surface area (Å²) in [4.78, 5) is 30.7. The minimum atomic E-state index is -0.186. The highest BCUT2D eigenvalue weighted by Crippen LogP contribution is 2.40. The number of carbonyl (C=O) groups excluding carboxylic acids is 2. The van der Waals surface area contributed by atoms with Gasteiger partial charge in [-0.2, -0.15) is 0 Å². The van der Waals surface area contributed by atoms with Crippen LogP contribution in [0, 0.1) is 11.8 Å². The van der Waals surface area contributed by atoms with Crippen LogP contribution < -0.4 is 5.32 Å². The smallest absolute Gasteiger partial charge is 0.223 e. The van der Waals surface area contributed by atoms with E-state index < -0.39 is 0 Å². The number of hydrogen-bond acceptors (Lipinski definition) is 3. The van der Waals surface area contributed by atoms with Gasteiger partial charge in [0.05, 0.1) is 12.5 Å². The van der Waals surface area contributed by atoms with Gasteiger partial charge in [-0.1, -0.05) is 30.3 Å². The van der Waals surface area contributed by atoms with Crippen LogP contribution in [-0.4, -0.2) is 28.2 Å². The summed E-state index contributed by atoms with van der Waals surface area (Å²) in [6.45, 7) is 0.648. The Morgan fingerprint density at radius 2 is 2.00 bits per heavy atom. The van der Waals surface area contributed by atoms with Crippen molar-refractivity contribution >= 4 is 24.1 Å². The van der Waals surface area contributed by atoms with Gasteiger partial charge in [-0.3, -0.25) is 9.59 Å². The number of imidazole rings is 1. The summed E-state index contributed by atoms with van der Waals surface area (Å²) in [5, 5.41) is 2.93. The molecule has 2 N–H and O–H groups in total. The summed E-state index contributed by atoms with van der Waals surface area (Å²) in [6.07, 6.45) is 5.48.